The number of carbonyl (C=O) groups excluding carboxylic acids is 1. The van der Waals surface area contributed by atoms with Crippen LogP contribution in [0.25, 0.3) is 6.08 Å². The molecule has 0 aromatic carbocycles. The first-order chi connectivity index (χ1) is 9.19. The fourth-order valence-electron chi connectivity index (χ4n) is 1.53. The second kappa shape index (κ2) is 5.86. The molecule has 2 aromatic rings. The summed E-state index contributed by atoms with van der Waals surface area (Å²) in [7, 11) is 1.53. The molecule has 2 rings (SSSR count). The van der Waals surface area contributed by atoms with Gasteiger partial charge in [0.05, 0.1) is 13.3 Å². The van der Waals surface area contributed by atoms with Gasteiger partial charge in [0.25, 0.3) is 0 Å². The number of ether oxygens (including phenoxy) is 1. The van der Waals surface area contributed by atoms with E-state index >= 15 is 0 Å². The molecule has 0 aliphatic carbocycles. The highest BCUT2D eigenvalue weighted by Crippen LogP contribution is 2.21. The van der Waals surface area contributed by atoms with Crippen LogP contribution in [0.4, 0.5) is 5.69 Å². The minimum absolute atomic E-state index is 0.277. The fourth-order valence-corrected chi connectivity index (χ4v) is 1.53. The zero-order valence-corrected chi connectivity index (χ0v) is 10.7. The quantitative estimate of drug-likeness (QED) is 0.856. The molecule has 0 aliphatic rings. The van der Waals surface area contributed by atoms with Crippen LogP contribution in [0.5, 0.6) is 5.75 Å². The number of rotatable bonds is 4. The van der Waals surface area contributed by atoms with Crippen LogP contribution in [0, 0.1) is 6.92 Å². The highest BCUT2D eigenvalue weighted by Gasteiger charge is 2.04. The van der Waals surface area contributed by atoms with Gasteiger partial charge >= 0.3 is 0 Å². The predicted octanol–water partition coefficient (Wildman–Crippen LogP) is 2.64. The van der Waals surface area contributed by atoms with Gasteiger partial charge in [0, 0.05) is 18.3 Å². The monoisotopic (exact) mass is 258 g/mol. The molecule has 98 valence electrons. The van der Waals surface area contributed by atoms with Crippen molar-refractivity contribution in [3.05, 3.63) is 48.2 Å². The van der Waals surface area contributed by atoms with E-state index in [1.165, 1.54) is 19.4 Å². The molecule has 0 spiro atoms. The third-order valence-electron chi connectivity index (χ3n) is 2.42. The van der Waals surface area contributed by atoms with Crippen molar-refractivity contribution in [2.24, 2.45) is 0 Å². The Balaban J connectivity index is 2.03. The molecule has 0 saturated carbocycles. The standard InChI is InChI=1S/C14H14N2O3/c1-10-3-4-11(19-10)5-6-14(17)16-12-9-15-8-7-13(12)18-2/h3-9H,1-2H3,(H,16,17). The van der Waals surface area contributed by atoms with E-state index in [0.29, 0.717) is 17.2 Å². The van der Waals surface area contributed by atoms with Crippen molar-refractivity contribution in [1.29, 1.82) is 0 Å². The lowest BCUT2D eigenvalue weighted by Gasteiger charge is -2.06. The average molecular weight is 258 g/mol. The molecule has 0 saturated heterocycles. The summed E-state index contributed by atoms with van der Waals surface area (Å²) in [5.41, 5.74) is 0.523. The van der Waals surface area contributed by atoms with Crippen LogP contribution >= 0.6 is 0 Å². The third kappa shape index (κ3) is 3.45. The van der Waals surface area contributed by atoms with Crippen LogP contribution in [0.3, 0.4) is 0 Å². The smallest absolute Gasteiger partial charge is 0.248 e. The van der Waals surface area contributed by atoms with E-state index in [4.69, 9.17) is 9.15 Å². The number of aromatic nitrogens is 1. The van der Waals surface area contributed by atoms with E-state index in [1.54, 1.807) is 24.4 Å². The van der Waals surface area contributed by atoms with Gasteiger partial charge in [-0.1, -0.05) is 0 Å². The molecule has 0 radical (unpaired) electrons. The molecule has 5 nitrogen and oxygen atoms in total. The Morgan fingerprint density at radius 2 is 2.26 bits per heavy atom. The van der Waals surface area contributed by atoms with Gasteiger partial charge in [-0.2, -0.15) is 0 Å². The van der Waals surface area contributed by atoms with Gasteiger partial charge in [-0.05, 0) is 25.1 Å². The van der Waals surface area contributed by atoms with Gasteiger partial charge in [0.15, 0.2) is 0 Å². The van der Waals surface area contributed by atoms with E-state index < -0.39 is 0 Å². The highest BCUT2D eigenvalue weighted by molar-refractivity contribution is 6.02. The van der Waals surface area contributed by atoms with Crippen LogP contribution in [0.15, 0.2) is 41.1 Å². The molecule has 19 heavy (non-hydrogen) atoms. The normalized spacial score (nSPS) is 10.6. The number of furan rings is 1. The van der Waals surface area contributed by atoms with Gasteiger partial charge in [-0.25, -0.2) is 0 Å². The summed E-state index contributed by atoms with van der Waals surface area (Å²) in [6.45, 7) is 1.85. The molecule has 0 bridgehead atoms. The Kier molecular flexibility index (Phi) is 3.97. The van der Waals surface area contributed by atoms with Gasteiger partial charge < -0.3 is 14.5 Å². The third-order valence-corrected chi connectivity index (χ3v) is 2.42. The van der Waals surface area contributed by atoms with Crippen LogP contribution in [0.2, 0.25) is 0 Å². The molecular formula is C14H14N2O3. The van der Waals surface area contributed by atoms with Gasteiger partial charge in [-0.15, -0.1) is 0 Å². The van der Waals surface area contributed by atoms with Crippen molar-refractivity contribution >= 4 is 17.7 Å². The minimum atomic E-state index is -0.277. The largest absolute Gasteiger partial charge is 0.494 e. The number of hydrogen-bond acceptors (Lipinski definition) is 4. The van der Waals surface area contributed by atoms with Crippen molar-refractivity contribution in [2.45, 2.75) is 6.92 Å². The lowest BCUT2D eigenvalue weighted by atomic mass is 10.3. The zero-order chi connectivity index (χ0) is 13.7. The van der Waals surface area contributed by atoms with Crippen molar-refractivity contribution < 1.29 is 13.9 Å². The molecule has 5 heteroatoms. The van der Waals surface area contributed by atoms with E-state index in [-0.39, 0.29) is 5.91 Å². The molecule has 1 amide bonds. The topological polar surface area (TPSA) is 64.4 Å². The van der Waals surface area contributed by atoms with E-state index in [1.807, 2.05) is 13.0 Å². The Labute approximate surface area is 110 Å². The first-order valence-corrected chi connectivity index (χ1v) is 5.72. The number of nitrogens with one attached hydrogen (secondary N) is 1. The fraction of sp³-hybridized carbons (Fsp3) is 0.143. The number of anilines is 1. The maximum absolute atomic E-state index is 11.7. The van der Waals surface area contributed by atoms with E-state index in [0.717, 1.165) is 5.76 Å². The maximum Gasteiger partial charge on any atom is 0.248 e. The SMILES string of the molecule is COc1ccncc1NC(=O)C=Cc1ccc(C)o1. The van der Waals surface area contributed by atoms with Crippen LogP contribution in [-0.2, 0) is 4.79 Å². The summed E-state index contributed by atoms with van der Waals surface area (Å²) in [5.74, 6) is 1.71. The van der Waals surface area contributed by atoms with Crippen molar-refractivity contribution in [2.75, 3.05) is 12.4 Å². The minimum Gasteiger partial charge on any atom is -0.494 e. The number of hydrogen-bond donors (Lipinski definition) is 1. The molecule has 2 heterocycles. The van der Waals surface area contributed by atoms with Crippen LogP contribution < -0.4 is 10.1 Å². The van der Waals surface area contributed by atoms with Gasteiger partial charge in [0.2, 0.25) is 5.91 Å². The average Bonchev–Trinajstić information content (AvgIpc) is 2.83. The first-order valence-electron chi connectivity index (χ1n) is 5.72. The molecule has 0 fully saturated rings. The molecule has 0 unspecified atom stereocenters. The summed E-state index contributed by atoms with van der Waals surface area (Å²) in [6.07, 6.45) is 6.12. The second-order valence-corrected chi connectivity index (χ2v) is 3.85. The lowest BCUT2D eigenvalue weighted by Crippen LogP contribution is -2.09. The number of amides is 1. The number of carbonyl (C=O) groups is 1. The Hall–Kier alpha value is -2.56. The molecular weight excluding hydrogens is 244 g/mol. The summed E-state index contributed by atoms with van der Waals surface area (Å²) in [5, 5.41) is 2.68. The van der Waals surface area contributed by atoms with Crippen LogP contribution in [-0.4, -0.2) is 18.0 Å². The Bertz CT molecular complexity index is 602. The summed E-state index contributed by atoms with van der Waals surface area (Å²) in [4.78, 5) is 15.7. The molecule has 1 N–H and O–H groups in total. The number of aryl methyl sites for hydroxylation is 1. The molecule has 0 aliphatic heterocycles. The number of methoxy groups -OCH3 is 1. The van der Waals surface area contributed by atoms with Gasteiger partial charge in [-0.3, -0.25) is 9.78 Å². The van der Waals surface area contributed by atoms with Crippen molar-refractivity contribution in [3.63, 3.8) is 0 Å². The van der Waals surface area contributed by atoms with Crippen molar-refractivity contribution in [1.82, 2.24) is 4.98 Å². The van der Waals surface area contributed by atoms with Crippen LogP contribution in [0.1, 0.15) is 11.5 Å². The number of nitrogens with zero attached hydrogens (tertiary/aromatic N) is 1. The van der Waals surface area contributed by atoms with E-state index in [2.05, 4.69) is 10.3 Å². The summed E-state index contributed by atoms with van der Waals surface area (Å²) < 4.78 is 10.4. The highest BCUT2D eigenvalue weighted by atomic mass is 16.5. The zero-order valence-electron chi connectivity index (χ0n) is 10.7. The van der Waals surface area contributed by atoms with E-state index in [9.17, 15) is 4.79 Å². The maximum atomic E-state index is 11.7. The second-order valence-electron chi connectivity index (χ2n) is 3.85. The lowest BCUT2D eigenvalue weighted by molar-refractivity contribution is -0.111. The molecule has 2 aromatic heterocycles. The van der Waals surface area contributed by atoms with Crippen molar-refractivity contribution in [3.8, 4) is 5.75 Å². The van der Waals surface area contributed by atoms with Gasteiger partial charge in [0.1, 0.15) is 23.0 Å². The Morgan fingerprint density at radius 3 is 2.95 bits per heavy atom. The number of pyridine rings is 1. The predicted molar refractivity (Wildman–Crippen MR) is 71.9 cm³/mol. The summed E-state index contributed by atoms with van der Waals surface area (Å²) in [6, 6.07) is 5.31. The molecule has 0 atom stereocenters. The Morgan fingerprint density at radius 1 is 1.42 bits per heavy atom. The first kappa shape index (κ1) is 12.9. The summed E-state index contributed by atoms with van der Waals surface area (Å²) >= 11 is 0.